The second-order valence-electron chi connectivity index (χ2n) is 3.95. The highest BCUT2D eigenvalue weighted by molar-refractivity contribution is 5.77. The highest BCUT2D eigenvalue weighted by Crippen LogP contribution is 2.17. The van der Waals surface area contributed by atoms with Crippen molar-refractivity contribution in [2.24, 2.45) is 0 Å². The van der Waals surface area contributed by atoms with Crippen molar-refractivity contribution in [1.82, 2.24) is 10.2 Å². The largest absolute Gasteiger partial charge is 0.478 e. The molecule has 1 N–H and O–H groups in total. The van der Waals surface area contributed by atoms with Crippen molar-refractivity contribution >= 4 is 5.91 Å². The van der Waals surface area contributed by atoms with Gasteiger partial charge in [0, 0.05) is 26.2 Å². The summed E-state index contributed by atoms with van der Waals surface area (Å²) < 4.78 is 5.29. The van der Waals surface area contributed by atoms with Crippen molar-refractivity contribution in [2.45, 2.75) is 6.54 Å². The number of rotatable bonds is 6. The molecule has 0 spiro atoms. The van der Waals surface area contributed by atoms with Crippen molar-refractivity contribution in [3.8, 4) is 11.8 Å². The fraction of sp³-hybridized carbons (Fsp3) is 0.385. The molecular weight excluding hydrogens is 230 g/mol. The van der Waals surface area contributed by atoms with Crippen LogP contribution < -0.4 is 10.1 Å². The first-order valence-corrected chi connectivity index (χ1v) is 5.63. The Bertz CT molecular complexity index is 438. The molecule has 0 saturated heterocycles. The predicted octanol–water partition coefficient (Wildman–Crippen LogP) is 0.767. The average Bonchev–Trinajstić information content (AvgIpc) is 2.37. The van der Waals surface area contributed by atoms with Gasteiger partial charge in [0.1, 0.15) is 11.8 Å². The van der Waals surface area contributed by atoms with E-state index in [4.69, 9.17) is 10.00 Å². The van der Waals surface area contributed by atoms with E-state index < -0.39 is 0 Å². The number of hydrogen-bond donors (Lipinski definition) is 1. The molecule has 0 saturated carbocycles. The third-order valence-electron chi connectivity index (χ3n) is 2.36. The van der Waals surface area contributed by atoms with Crippen LogP contribution in [0.4, 0.5) is 0 Å². The normalized spacial score (nSPS) is 9.61. The molecule has 0 aliphatic carbocycles. The molecule has 0 radical (unpaired) electrons. The standard InChI is InChI=1S/C13H17N3O2/c1-16(2)13(17)10-15-9-11-5-3-4-6-12(11)18-8-7-14/h3-6,15H,8-10H2,1-2H3. The maximum Gasteiger partial charge on any atom is 0.236 e. The molecule has 96 valence electrons. The fourth-order valence-corrected chi connectivity index (χ4v) is 1.36. The lowest BCUT2D eigenvalue weighted by Gasteiger charge is -2.12. The Balaban J connectivity index is 2.51. The molecule has 5 nitrogen and oxygen atoms in total. The van der Waals surface area contributed by atoms with Crippen LogP contribution in [0.15, 0.2) is 24.3 Å². The van der Waals surface area contributed by atoms with Gasteiger partial charge < -0.3 is 15.0 Å². The minimum absolute atomic E-state index is 0.0189. The van der Waals surface area contributed by atoms with Crippen LogP contribution in [-0.2, 0) is 11.3 Å². The van der Waals surface area contributed by atoms with Gasteiger partial charge in [-0.15, -0.1) is 0 Å². The molecule has 0 aliphatic rings. The summed E-state index contributed by atoms with van der Waals surface area (Å²) >= 11 is 0. The SMILES string of the molecule is CN(C)C(=O)CNCc1ccccc1OCC#N. The van der Waals surface area contributed by atoms with E-state index in [1.807, 2.05) is 30.3 Å². The molecule has 5 heteroatoms. The van der Waals surface area contributed by atoms with Crippen LogP contribution in [0, 0.1) is 11.3 Å². The fourth-order valence-electron chi connectivity index (χ4n) is 1.36. The summed E-state index contributed by atoms with van der Waals surface area (Å²) in [6.45, 7) is 0.828. The number of likely N-dealkylation sites (N-methyl/N-ethyl adjacent to an activating group) is 1. The summed E-state index contributed by atoms with van der Waals surface area (Å²) in [6.07, 6.45) is 0. The molecule has 0 unspecified atom stereocenters. The first-order chi connectivity index (χ1) is 8.65. The number of para-hydroxylation sites is 1. The summed E-state index contributed by atoms with van der Waals surface area (Å²) in [5, 5.41) is 11.5. The first-order valence-electron chi connectivity index (χ1n) is 5.63. The topological polar surface area (TPSA) is 65.4 Å². The van der Waals surface area contributed by atoms with E-state index in [1.54, 1.807) is 14.1 Å². The van der Waals surface area contributed by atoms with E-state index in [0.29, 0.717) is 12.3 Å². The minimum atomic E-state index is 0.0189. The van der Waals surface area contributed by atoms with Crippen LogP contribution in [0.2, 0.25) is 0 Å². The van der Waals surface area contributed by atoms with E-state index in [2.05, 4.69) is 5.32 Å². The lowest BCUT2D eigenvalue weighted by Crippen LogP contribution is -2.32. The molecule has 1 amide bonds. The summed E-state index contributed by atoms with van der Waals surface area (Å²) in [7, 11) is 3.43. The van der Waals surface area contributed by atoms with Gasteiger partial charge in [0.15, 0.2) is 6.61 Å². The van der Waals surface area contributed by atoms with Gasteiger partial charge in [-0.05, 0) is 6.07 Å². The lowest BCUT2D eigenvalue weighted by atomic mass is 10.2. The molecule has 1 aromatic rings. The highest BCUT2D eigenvalue weighted by atomic mass is 16.5. The maximum atomic E-state index is 11.4. The molecule has 1 rings (SSSR count). The number of nitrogens with zero attached hydrogens (tertiary/aromatic N) is 2. The van der Waals surface area contributed by atoms with Crippen LogP contribution in [0.1, 0.15) is 5.56 Å². The molecule has 0 aliphatic heterocycles. The van der Waals surface area contributed by atoms with E-state index in [1.165, 1.54) is 4.90 Å². The van der Waals surface area contributed by atoms with E-state index in [0.717, 1.165) is 5.56 Å². The number of carbonyl (C=O) groups is 1. The Hall–Kier alpha value is -2.06. The summed E-state index contributed by atoms with van der Waals surface area (Å²) in [4.78, 5) is 12.9. The minimum Gasteiger partial charge on any atom is -0.478 e. The molecule has 0 aromatic heterocycles. The van der Waals surface area contributed by atoms with E-state index >= 15 is 0 Å². The first kappa shape index (κ1) is 14.0. The second-order valence-corrected chi connectivity index (χ2v) is 3.95. The zero-order chi connectivity index (χ0) is 13.4. The Morgan fingerprint density at radius 3 is 2.83 bits per heavy atom. The third-order valence-corrected chi connectivity index (χ3v) is 2.36. The number of amides is 1. The lowest BCUT2D eigenvalue weighted by molar-refractivity contribution is -0.127. The van der Waals surface area contributed by atoms with Crippen molar-refractivity contribution in [3.05, 3.63) is 29.8 Å². The van der Waals surface area contributed by atoms with Crippen molar-refractivity contribution in [2.75, 3.05) is 27.2 Å². The zero-order valence-electron chi connectivity index (χ0n) is 10.6. The van der Waals surface area contributed by atoms with Gasteiger partial charge in [0.2, 0.25) is 5.91 Å². The van der Waals surface area contributed by atoms with Gasteiger partial charge in [0.05, 0.1) is 6.54 Å². The summed E-state index contributed by atoms with van der Waals surface area (Å²) in [6, 6.07) is 9.38. The smallest absolute Gasteiger partial charge is 0.236 e. The Morgan fingerprint density at radius 2 is 2.17 bits per heavy atom. The van der Waals surface area contributed by atoms with E-state index in [9.17, 15) is 4.79 Å². The summed E-state index contributed by atoms with van der Waals surface area (Å²) in [5.41, 5.74) is 0.930. The Morgan fingerprint density at radius 1 is 1.44 bits per heavy atom. The van der Waals surface area contributed by atoms with Crippen LogP contribution in [-0.4, -0.2) is 38.1 Å². The van der Waals surface area contributed by atoms with Crippen LogP contribution in [0.5, 0.6) is 5.75 Å². The predicted molar refractivity (Wildman–Crippen MR) is 68.0 cm³/mol. The van der Waals surface area contributed by atoms with Crippen LogP contribution in [0.25, 0.3) is 0 Å². The average molecular weight is 247 g/mol. The number of ether oxygens (including phenoxy) is 1. The van der Waals surface area contributed by atoms with Crippen molar-refractivity contribution in [3.63, 3.8) is 0 Å². The summed E-state index contributed by atoms with van der Waals surface area (Å²) in [5.74, 6) is 0.689. The van der Waals surface area contributed by atoms with Crippen molar-refractivity contribution in [1.29, 1.82) is 5.26 Å². The number of hydrogen-bond acceptors (Lipinski definition) is 4. The van der Waals surface area contributed by atoms with Crippen molar-refractivity contribution < 1.29 is 9.53 Å². The molecule has 0 fully saturated rings. The van der Waals surface area contributed by atoms with Crippen LogP contribution in [0.3, 0.4) is 0 Å². The van der Waals surface area contributed by atoms with E-state index in [-0.39, 0.29) is 19.1 Å². The highest BCUT2D eigenvalue weighted by Gasteiger charge is 2.05. The van der Waals surface area contributed by atoms with Gasteiger partial charge >= 0.3 is 0 Å². The Kier molecular flexibility index (Phi) is 5.68. The molecule has 1 aromatic carbocycles. The number of nitriles is 1. The Labute approximate surface area is 107 Å². The van der Waals surface area contributed by atoms with Gasteiger partial charge in [-0.2, -0.15) is 5.26 Å². The maximum absolute atomic E-state index is 11.4. The molecule has 0 atom stereocenters. The molecule has 18 heavy (non-hydrogen) atoms. The zero-order valence-corrected chi connectivity index (χ0v) is 10.6. The van der Waals surface area contributed by atoms with Gasteiger partial charge in [-0.25, -0.2) is 0 Å². The monoisotopic (exact) mass is 247 g/mol. The number of benzene rings is 1. The molecular formula is C13H17N3O2. The molecule has 0 heterocycles. The third kappa shape index (κ3) is 4.44. The second kappa shape index (κ2) is 7.30. The number of nitrogens with one attached hydrogen (secondary N) is 1. The number of carbonyl (C=O) groups excluding carboxylic acids is 1. The van der Waals surface area contributed by atoms with Gasteiger partial charge in [0.25, 0.3) is 0 Å². The van der Waals surface area contributed by atoms with Gasteiger partial charge in [-0.1, -0.05) is 18.2 Å². The quantitative estimate of drug-likeness (QED) is 0.806. The van der Waals surface area contributed by atoms with Gasteiger partial charge in [-0.3, -0.25) is 4.79 Å². The van der Waals surface area contributed by atoms with Crippen LogP contribution >= 0.6 is 0 Å². The molecule has 0 bridgehead atoms.